The molecule has 1 aromatic rings. The summed E-state index contributed by atoms with van der Waals surface area (Å²) in [6.07, 6.45) is 2.39. The first-order valence-electron chi connectivity index (χ1n) is 9.51. The number of aryl methyl sites for hydroxylation is 2. The third kappa shape index (κ3) is 6.03. The summed E-state index contributed by atoms with van der Waals surface area (Å²) in [4.78, 5) is 11.3. The normalized spacial score (nSPS) is 18.6. The Morgan fingerprint density at radius 2 is 1.96 bits per heavy atom. The summed E-state index contributed by atoms with van der Waals surface area (Å²) in [6, 6.07) is 0.417. The van der Waals surface area contributed by atoms with E-state index in [0.717, 1.165) is 49.5 Å². The van der Waals surface area contributed by atoms with Crippen molar-refractivity contribution in [2.24, 2.45) is 16.8 Å². The van der Waals surface area contributed by atoms with Gasteiger partial charge in [0.2, 0.25) is 5.89 Å². The standard InChI is InChI=1S/C19H35N5O/c1-13(2)14(3)23-19(20-6)21-11-17-7-9-24(10-8-17)12-18-22-15(4)16(5)25-18/h13-14,17H,7-12H2,1-6H3,(H2,20,21,23). The fourth-order valence-electron chi connectivity index (χ4n) is 2.96. The van der Waals surface area contributed by atoms with E-state index in [-0.39, 0.29) is 0 Å². The van der Waals surface area contributed by atoms with Gasteiger partial charge in [0.05, 0.1) is 12.2 Å². The van der Waals surface area contributed by atoms with Crippen LogP contribution in [0.1, 0.15) is 51.0 Å². The number of hydrogen-bond donors (Lipinski definition) is 2. The molecule has 25 heavy (non-hydrogen) atoms. The molecule has 1 unspecified atom stereocenters. The Bertz CT molecular complexity index is 539. The molecule has 0 radical (unpaired) electrons. The zero-order valence-corrected chi connectivity index (χ0v) is 16.7. The Labute approximate surface area is 152 Å². The molecular formula is C19H35N5O. The van der Waals surface area contributed by atoms with Gasteiger partial charge in [0.1, 0.15) is 5.76 Å². The van der Waals surface area contributed by atoms with Crippen molar-refractivity contribution in [2.75, 3.05) is 26.7 Å². The van der Waals surface area contributed by atoms with Gasteiger partial charge in [0, 0.05) is 19.6 Å². The Kier molecular flexibility index (Phi) is 7.29. The minimum absolute atomic E-state index is 0.417. The maximum atomic E-state index is 5.70. The zero-order valence-electron chi connectivity index (χ0n) is 16.7. The van der Waals surface area contributed by atoms with E-state index in [1.54, 1.807) is 0 Å². The van der Waals surface area contributed by atoms with Gasteiger partial charge in [-0.05, 0) is 58.5 Å². The number of aromatic nitrogens is 1. The molecule has 2 heterocycles. The molecule has 1 aliphatic heterocycles. The number of guanidine groups is 1. The number of nitrogens with zero attached hydrogens (tertiary/aromatic N) is 3. The van der Waals surface area contributed by atoms with Crippen molar-refractivity contribution in [1.29, 1.82) is 0 Å². The fraction of sp³-hybridized carbons (Fsp3) is 0.789. The molecule has 6 heteroatoms. The van der Waals surface area contributed by atoms with Crippen LogP contribution in [0, 0.1) is 25.7 Å². The Balaban J connectivity index is 1.71. The van der Waals surface area contributed by atoms with Crippen LogP contribution in [0.4, 0.5) is 0 Å². The summed E-state index contributed by atoms with van der Waals surface area (Å²) in [5, 5.41) is 6.95. The van der Waals surface area contributed by atoms with Gasteiger partial charge in [-0.1, -0.05) is 13.8 Å². The highest BCUT2D eigenvalue weighted by Gasteiger charge is 2.21. The monoisotopic (exact) mass is 349 g/mol. The van der Waals surface area contributed by atoms with Crippen molar-refractivity contribution >= 4 is 5.96 Å². The van der Waals surface area contributed by atoms with Crippen LogP contribution >= 0.6 is 0 Å². The van der Waals surface area contributed by atoms with E-state index in [0.29, 0.717) is 17.9 Å². The lowest BCUT2D eigenvalue weighted by atomic mass is 9.97. The molecule has 1 fully saturated rings. The Hall–Kier alpha value is -1.56. The summed E-state index contributed by atoms with van der Waals surface area (Å²) in [7, 11) is 1.84. The third-order valence-electron chi connectivity index (χ3n) is 5.29. The second kappa shape index (κ2) is 9.22. The highest BCUT2D eigenvalue weighted by atomic mass is 16.4. The molecule has 0 aliphatic carbocycles. The Morgan fingerprint density at radius 3 is 2.48 bits per heavy atom. The molecule has 0 bridgehead atoms. The molecule has 0 aromatic carbocycles. The second-order valence-electron chi connectivity index (χ2n) is 7.60. The minimum atomic E-state index is 0.417. The van der Waals surface area contributed by atoms with E-state index in [9.17, 15) is 0 Å². The summed E-state index contributed by atoms with van der Waals surface area (Å²) in [6.45, 7) is 14.6. The maximum Gasteiger partial charge on any atom is 0.208 e. The maximum absolute atomic E-state index is 5.70. The molecular weight excluding hydrogens is 314 g/mol. The average Bonchev–Trinajstić information content (AvgIpc) is 2.90. The first kappa shape index (κ1) is 19.8. The molecule has 142 valence electrons. The zero-order chi connectivity index (χ0) is 18.4. The predicted octanol–water partition coefficient (Wildman–Crippen LogP) is 2.71. The van der Waals surface area contributed by atoms with Gasteiger partial charge in [0.15, 0.2) is 5.96 Å². The van der Waals surface area contributed by atoms with Gasteiger partial charge in [-0.25, -0.2) is 4.98 Å². The molecule has 1 aromatic heterocycles. The van der Waals surface area contributed by atoms with E-state index in [2.05, 4.69) is 46.3 Å². The van der Waals surface area contributed by atoms with Gasteiger partial charge < -0.3 is 15.1 Å². The smallest absolute Gasteiger partial charge is 0.208 e. The van der Waals surface area contributed by atoms with Gasteiger partial charge in [-0.2, -0.15) is 0 Å². The molecule has 2 N–H and O–H groups in total. The van der Waals surface area contributed by atoms with Gasteiger partial charge in [-0.3, -0.25) is 9.89 Å². The number of likely N-dealkylation sites (tertiary alicyclic amines) is 1. The van der Waals surface area contributed by atoms with Crippen molar-refractivity contribution in [3.05, 3.63) is 17.3 Å². The van der Waals surface area contributed by atoms with Gasteiger partial charge in [0.25, 0.3) is 0 Å². The number of piperidine rings is 1. The molecule has 6 nitrogen and oxygen atoms in total. The molecule has 2 rings (SSSR count). The fourth-order valence-corrected chi connectivity index (χ4v) is 2.96. The van der Waals surface area contributed by atoms with E-state index < -0.39 is 0 Å². The lowest BCUT2D eigenvalue weighted by Crippen LogP contribution is -2.46. The molecule has 1 atom stereocenters. The summed E-state index contributed by atoms with van der Waals surface area (Å²) < 4.78 is 5.70. The van der Waals surface area contributed by atoms with E-state index in [4.69, 9.17) is 4.42 Å². The van der Waals surface area contributed by atoms with E-state index in [1.165, 1.54) is 12.8 Å². The summed E-state index contributed by atoms with van der Waals surface area (Å²) >= 11 is 0. The topological polar surface area (TPSA) is 65.7 Å². The highest BCUT2D eigenvalue weighted by Crippen LogP contribution is 2.19. The van der Waals surface area contributed by atoms with Crippen molar-refractivity contribution in [2.45, 2.75) is 60.0 Å². The molecule has 0 spiro atoms. The largest absolute Gasteiger partial charge is 0.444 e. The second-order valence-corrected chi connectivity index (χ2v) is 7.60. The van der Waals surface area contributed by atoms with Crippen molar-refractivity contribution in [3.8, 4) is 0 Å². The lowest BCUT2D eigenvalue weighted by molar-refractivity contribution is 0.164. The SMILES string of the molecule is CN=C(NCC1CCN(Cc2nc(C)c(C)o2)CC1)NC(C)C(C)C. The number of oxazole rings is 1. The molecule has 0 saturated carbocycles. The number of hydrogen-bond acceptors (Lipinski definition) is 4. The van der Waals surface area contributed by atoms with Crippen LogP contribution in [-0.4, -0.2) is 48.6 Å². The Morgan fingerprint density at radius 1 is 1.28 bits per heavy atom. The van der Waals surface area contributed by atoms with Crippen LogP contribution in [0.3, 0.4) is 0 Å². The van der Waals surface area contributed by atoms with Crippen LogP contribution in [-0.2, 0) is 6.54 Å². The summed E-state index contributed by atoms with van der Waals surface area (Å²) in [5.41, 5.74) is 1.00. The van der Waals surface area contributed by atoms with E-state index in [1.807, 2.05) is 20.9 Å². The highest BCUT2D eigenvalue weighted by molar-refractivity contribution is 5.79. The van der Waals surface area contributed by atoms with Gasteiger partial charge in [-0.15, -0.1) is 0 Å². The third-order valence-corrected chi connectivity index (χ3v) is 5.29. The van der Waals surface area contributed by atoms with Crippen LogP contribution in [0.25, 0.3) is 0 Å². The molecule has 1 saturated heterocycles. The summed E-state index contributed by atoms with van der Waals surface area (Å²) in [5.74, 6) is 3.97. The van der Waals surface area contributed by atoms with Crippen LogP contribution in [0.15, 0.2) is 9.41 Å². The molecule has 0 amide bonds. The first-order chi connectivity index (χ1) is 11.9. The van der Waals surface area contributed by atoms with Crippen LogP contribution in [0.2, 0.25) is 0 Å². The average molecular weight is 350 g/mol. The van der Waals surface area contributed by atoms with Crippen LogP contribution < -0.4 is 10.6 Å². The molecule has 1 aliphatic rings. The van der Waals surface area contributed by atoms with Gasteiger partial charge >= 0.3 is 0 Å². The number of rotatable bonds is 6. The first-order valence-corrected chi connectivity index (χ1v) is 9.51. The predicted molar refractivity (Wildman–Crippen MR) is 103 cm³/mol. The van der Waals surface area contributed by atoms with E-state index >= 15 is 0 Å². The minimum Gasteiger partial charge on any atom is -0.444 e. The lowest BCUT2D eigenvalue weighted by Gasteiger charge is -2.31. The van der Waals surface area contributed by atoms with Crippen molar-refractivity contribution in [3.63, 3.8) is 0 Å². The quantitative estimate of drug-likeness (QED) is 0.611. The van der Waals surface area contributed by atoms with Crippen LogP contribution in [0.5, 0.6) is 0 Å². The van der Waals surface area contributed by atoms with Crippen molar-refractivity contribution < 1.29 is 4.42 Å². The van der Waals surface area contributed by atoms with Crippen molar-refractivity contribution in [1.82, 2.24) is 20.5 Å². The number of nitrogens with one attached hydrogen (secondary N) is 2. The number of aliphatic imine (C=N–C) groups is 1.